The van der Waals surface area contributed by atoms with Gasteiger partial charge in [-0.25, -0.2) is 0 Å². The van der Waals surface area contributed by atoms with Crippen LogP contribution in [0.3, 0.4) is 0 Å². The Hall–Kier alpha value is -1.39. The summed E-state index contributed by atoms with van der Waals surface area (Å²) in [5.41, 5.74) is 0.0718. The molecule has 18 heavy (non-hydrogen) atoms. The van der Waals surface area contributed by atoms with Crippen molar-refractivity contribution >= 4 is 5.97 Å². The minimum atomic E-state index is -1.07. The number of nitrogens with zero attached hydrogens (tertiary/aromatic N) is 1. The van der Waals surface area contributed by atoms with E-state index in [0.29, 0.717) is 13.1 Å². The van der Waals surface area contributed by atoms with E-state index < -0.39 is 17.5 Å². The lowest BCUT2D eigenvalue weighted by molar-refractivity contribution is -0.151. The molecular formula is C14H19NO3. The number of benzene rings is 1. The molecule has 0 bridgehead atoms. The minimum absolute atomic E-state index is 0.113. The Morgan fingerprint density at radius 3 is 2.56 bits per heavy atom. The van der Waals surface area contributed by atoms with Crippen molar-refractivity contribution in [3.05, 3.63) is 35.9 Å². The van der Waals surface area contributed by atoms with E-state index in [1.54, 1.807) is 6.92 Å². The highest BCUT2D eigenvalue weighted by atomic mass is 16.4. The summed E-state index contributed by atoms with van der Waals surface area (Å²) < 4.78 is 0. The number of β-amino-alcohol motifs (C(OH)–C–C–N with tert-alkyl or cyclic N) is 1. The standard InChI is InChI=1S/C14H19NO3/c1-10(11-6-4-3-5-7-11)15-8-12(16)14(2,9-15)13(17)18/h3-7,10,12,16H,8-9H2,1-2H3,(H,17,18)/t10-,12?,14-/m1/s1. The topological polar surface area (TPSA) is 60.8 Å². The van der Waals surface area contributed by atoms with Crippen molar-refractivity contribution in [1.82, 2.24) is 4.90 Å². The minimum Gasteiger partial charge on any atom is -0.481 e. The molecule has 0 spiro atoms. The number of aliphatic carboxylic acids is 1. The molecule has 4 nitrogen and oxygen atoms in total. The SMILES string of the molecule is C[C@H](c1ccccc1)N1CC(O)[C@](C)(C(=O)O)C1. The molecule has 1 fully saturated rings. The van der Waals surface area contributed by atoms with Crippen LogP contribution in [0.5, 0.6) is 0 Å². The summed E-state index contributed by atoms with van der Waals surface area (Å²) in [5, 5.41) is 19.2. The highest BCUT2D eigenvalue weighted by Crippen LogP contribution is 2.35. The van der Waals surface area contributed by atoms with E-state index in [9.17, 15) is 15.0 Å². The van der Waals surface area contributed by atoms with Crippen LogP contribution in [0.1, 0.15) is 25.5 Å². The largest absolute Gasteiger partial charge is 0.481 e. The number of rotatable bonds is 3. The molecule has 1 aliphatic heterocycles. The van der Waals surface area contributed by atoms with Gasteiger partial charge in [-0.2, -0.15) is 0 Å². The molecule has 0 aromatic heterocycles. The molecule has 0 amide bonds. The number of carbonyl (C=O) groups is 1. The molecule has 1 saturated heterocycles. The molecule has 2 N–H and O–H groups in total. The number of likely N-dealkylation sites (tertiary alicyclic amines) is 1. The highest BCUT2D eigenvalue weighted by molar-refractivity contribution is 5.75. The number of carboxylic acid groups (broad SMARTS) is 1. The zero-order valence-corrected chi connectivity index (χ0v) is 10.7. The number of hydrogen-bond acceptors (Lipinski definition) is 3. The molecule has 3 atom stereocenters. The van der Waals surface area contributed by atoms with E-state index in [1.807, 2.05) is 42.2 Å². The summed E-state index contributed by atoms with van der Waals surface area (Å²) >= 11 is 0. The summed E-state index contributed by atoms with van der Waals surface area (Å²) in [5.74, 6) is -0.933. The van der Waals surface area contributed by atoms with Crippen LogP contribution in [-0.2, 0) is 4.79 Å². The van der Waals surface area contributed by atoms with Gasteiger partial charge in [0.1, 0.15) is 5.41 Å². The predicted octanol–water partition coefficient (Wildman–Crippen LogP) is 1.51. The first-order chi connectivity index (χ1) is 8.45. The Balaban J connectivity index is 2.16. The first-order valence-corrected chi connectivity index (χ1v) is 6.15. The maximum absolute atomic E-state index is 11.3. The monoisotopic (exact) mass is 249 g/mol. The molecule has 1 unspecified atom stereocenters. The predicted molar refractivity (Wildman–Crippen MR) is 68.2 cm³/mol. The Morgan fingerprint density at radius 1 is 1.44 bits per heavy atom. The van der Waals surface area contributed by atoms with Crippen LogP contribution >= 0.6 is 0 Å². The summed E-state index contributed by atoms with van der Waals surface area (Å²) in [4.78, 5) is 13.3. The maximum atomic E-state index is 11.3. The van der Waals surface area contributed by atoms with Gasteiger partial charge in [0.25, 0.3) is 0 Å². The first-order valence-electron chi connectivity index (χ1n) is 6.15. The van der Waals surface area contributed by atoms with Crippen molar-refractivity contribution in [3.63, 3.8) is 0 Å². The lowest BCUT2D eigenvalue weighted by Gasteiger charge is -2.26. The van der Waals surface area contributed by atoms with Crippen molar-refractivity contribution in [1.29, 1.82) is 0 Å². The average Bonchev–Trinajstić information content (AvgIpc) is 2.67. The summed E-state index contributed by atoms with van der Waals surface area (Å²) in [6.45, 7) is 4.42. The second-order valence-corrected chi connectivity index (χ2v) is 5.25. The van der Waals surface area contributed by atoms with Crippen molar-refractivity contribution in [2.45, 2.75) is 26.0 Å². The van der Waals surface area contributed by atoms with Gasteiger partial charge in [-0.05, 0) is 19.4 Å². The van der Waals surface area contributed by atoms with E-state index >= 15 is 0 Å². The average molecular weight is 249 g/mol. The number of aliphatic hydroxyl groups is 1. The quantitative estimate of drug-likeness (QED) is 0.852. The Bertz CT molecular complexity index is 434. The molecule has 1 heterocycles. The zero-order chi connectivity index (χ0) is 13.3. The summed E-state index contributed by atoms with van der Waals surface area (Å²) in [7, 11) is 0. The van der Waals surface area contributed by atoms with Gasteiger partial charge in [-0.15, -0.1) is 0 Å². The molecule has 1 aromatic rings. The van der Waals surface area contributed by atoms with E-state index in [2.05, 4.69) is 0 Å². The van der Waals surface area contributed by atoms with Gasteiger partial charge in [-0.3, -0.25) is 9.69 Å². The van der Waals surface area contributed by atoms with Crippen molar-refractivity contribution < 1.29 is 15.0 Å². The van der Waals surface area contributed by atoms with Gasteiger partial charge in [-0.1, -0.05) is 30.3 Å². The number of hydrogen-bond donors (Lipinski definition) is 2. The fourth-order valence-corrected chi connectivity index (χ4v) is 2.46. The van der Waals surface area contributed by atoms with Crippen LogP contribution < -0.4 is 0 Å². The second kappa shape index (κ2) is 4.71. The Morgan fingerprint density at radius 2 is 2.06 bits per heavy atom. The van der Waals surface area contributed by atoms with E-state index in [0.717, 1.165) is 5.56 Å². The molecule has 1 aromatic carbocycles. The van der Waals surface area contributed by atoms with Crippen LogP contribution in [0.25, 0.3) is 0 Å². The van der Waals surface area contributed by atoms with Crippen LogP contribution in [0, 0.1) is 5.41 Å². The third-order valence-electron chi connectivity index (χ3n) is 3.99. The van der Waals surface area contributed by atoms with Crippen molar-refractivity contribution in [2.75, 3.05) is 13.1 Å². The molecule has 1 aliphatic rings. The second-order valence-electron chi connectivity index (χ2n) is 5.25. The van der Waals surface area contributed by atoms with Crippen LogP contribution in [0.15, 0.2) is 30.3 Å². The third kappa shape index (κ3) is 2.13. The molecule has 98 valence electrons. The van der Waals surface area contributed by atoms with Gasteiger partial charge in [0.2, 0.25) is 0 Å². The normalized spacial score (nSPS) is 30.3. The van der Waals surface area contributed by atoms with Crippen molar-refractivity contribution in [2.24, 2.45) is 5.41 Å². The third-order valence-corrected chi connectivity index (χ3v) is 3.99. The molecule has 4 heteroatoms. The molecular weight excluding hydrogens is 230 g/mol. The van der Waals surface area contributed by atoms with E-state index in [4.69, 9.17) is 0 Å². The highest BCUT2D eigenvalue weighted by Gasteiger charge is 2.49. The maximum Gasteiger partial charge on any atom is 0.313 e. The number of carboxylic acids is 1. The fraction of sp³-hybridized carbons (Fsp3) is 0.500. The van der Waals surface area contributed by atoms with Gasteiger partial charge in [0, 0.05) is 19.1 Å². The van der Waals surface area contributed by atoms with Gasteiger partial charge >= 0.3 is 5.97 Å². The molecule has 2 rings (SSSR count). The van der Waals surface area contributed by atoms with Gasteiger partial charge < -0.3 is 10.2 Å². The van der Waals surface area contributed by atoms with Crippen LogP contribution in [-0.4, -0.2) is 40.3 Å². The molecule has 0 aliphatic carbocycles. The van der Waals surface area contributed by atoms with E-state index in [-0.39, 0.29) is 6.04 Å². The summed E-state index contributed by atoms with van der Waals surface area (Å²) in [6, 6.07) is 10.0. The van der Waals surface area contributed by atoms with Crippen molar-refractivity contribution in [3.8, 4) is 0 Å². The smallest absolute Gasteiger partial charge is 0.313 e. The van der Waals surface area contributed by atoms with Gasteiger partial charge in [0.15, 0.2) is 0 Å². The van der Waals surface area contributed by atoms with Gasteiger partial charge in [0.05, 0.1) is 6.10 Å². The Kier molecular flexibility index (Phi) is 3.41. The fourth-order valence-electron chi connectivity index (χ4n) is 2.46. The van der Waals surface area contributed by atoms with E-state index in [1.165, 1.54) is 0 Å². The van der Waals surface area contributed by atoms with Crippen LogP contribution in [0.4, 0.5) is 0 Å². The number of aliphatic hydroxyl groups excluding tert-OH is 1. The molecule has 0 saturated carbocycles. The Labute approximate surface area is 107 Å². The first kappa shape index (κ1) is 13.1. The summed E-state index contributed by atoms with van der Waals surface area (Å²) in [6.07, 6.45) is -0.818. The van der Waals surface area contributed by atoms with Crippen LogP contribution in [0.2, 0.25) is 0 Å². The lowest BCUT2D eigenvalue weighted by Crippen LogP contribution is -2.39. The zero-order valence-electron chi connectivity index (χ0n) is 10.7. The molecule has 0 radical (unpaired) electrons. The lowest BCUT2D eigenvalue weighted by atomic mass is 9.87.